The van der Waals surface area contributed by atoms with E-state index in [4.69, 9.17) is 0 Å². The van der Waals surface area contributed by atoms with Crippen molar-refractivity contribution >= 4 is 6.29 Å². The standard InChI is InChI=1S/C10H11NO/c12-7-9-6-11-5-4-10(9)8-2-1-3-8/h4-8H,1-3H2. The van der Waals surface area contributed by atoms with Gasteiger partial charge in [-0.05, 0) is 30.4 Å². The highest BCUT2D eigenvalue weighted by atomic mass is 16.1. The predicted molar refractivity (Wildman–Crippen MR) is 46.2 cm³/mol. The average Bonchev–Trinajstić information content (AvgIpc) is 2.02. The van der Waals surface area contributed by atoms with E-state index in [0.29, 0.717) is 5.92 Å². The minimum absolute atomic E-state index is 0.619. The third kappa shape index (κ3) is 1.13. The summed E-state index contributed by atoms with van der Waals surface area (Å²) in [6.07, 6.45) is 8.07. The van der Waals surface area contributed by atoms with Crippen LogP contribution in [-0.2, 0) is 0 Å². The smallest absolute Gasteiger partial charge is 0.151 e. The van der Waals surface area contributed by atoms with Gasteiger partial charge in [0.05, 0.1) is 0 Å². The molecule has 0 aromatic carbocycles. The van der Waals surface area contributed by atoms with E-state index in [9.17, 15) is 4.79 Å². The summed E-state index contributed by atoms with van der Waals surface area (Å²) in [6.45, 7) is 0. The fraction of sp³-hybridized carbons (Fsp3) is 0.400. The highest BCUT2D eigenvalue weighted by Crippen LogP contribution is 2.37. The molecule has 1 aliphatic carbocycles. The Morgan fingerprint density at radius 3 is 2.92 bits per heavy atom. The van der Waals surface area contributed by atoms with Crippen LogP contribution in [0.1, 0.15) is 41.1 Å². The van der Waals surface area contributed by atoms with Gasteiger partial charge in [0.25, 0.3) is 0 Å². The van der Waals surface area contributed by atoms with E-state index in [2.05, 4.69) is 4.98 Å². The van der Waals surface area contributed by atoms with Crippen LogP contribution in [0.5, 0.6) is 0 Å². The molecule has 0 bridgehead atoms. The van der Waals surface area contributed by atoms with Gasteiger partial charge < -0.3 is 0 Å². The highest BCUT2D eigenvalue weighted by Gasteiger charge is 2.21. The van der Waals surface area contributed by atoms with Gasteiger partial charge in [0.2, 0.25) is 0 Å². The van der Waals surface area contributed by atoms with Crippen LogP contribution in [0.15, 0.2) is 18.5 Å². The van der Waals surface area contributed by atoms with Crippen LogP contribution in [-0.4, -0.2) is 11.3 Å². The summed E-state index contributed by atoms with van der Waals surface area (Å²) in [4.78, 5) is 14.6. The molecule has 0 radical (unpaired) electrons. The third-order valence-corrected chi connectivity index (χ3v) is 2.56. The zero-order valence-electron chi connectivity index (χ0n) is 6.86. The molecule has 0 N–H and O–H groups in total. The molecule has 0 saturated heterocycles. The topological polar surface area (TPSA) is 30.0 Å². The molecule has 2 nitrogen and oxygen atoms in total. The predicted octanol–water partition coefficient (Wildman–Crippen LogP) is 2.16. The Morgan fingerprint density at radius 1 is 1.50 bits per heavy atom. The van der Waals surface area contributed by atoms with Crippen LogP contribution >= 0.6 is 0 Å². The lowest BCUT2D eigenvalue weighted by Gasteiger charge is -2.26. The quantitative estimate of drug-likeness (QED) is 0.622. The normalized spacial score (nSPS) is 17.0. The maximum atomic E-state index is 10.6. The zero-order valence-corrected chi connectivity index (χ0v) is 6.86. The molecule has 12 heavy (non-hydrogen) atoms. The monoisotopic (exact) mass is 161 g/mol. The molecule has 1 fully saturated rings. The van der Waals surface area contributed by atoms with Gasteiger partial charge in [-0.1, -0.05) is 6.42 Å². The van der Waals surface area contributed by atoms with E-state index in [1.54, 1.807) is 12.4 Å². The van der Waals surface area contributed by atoms with Gasteiger partial charge in [-0.25, -0.2) is 0 Å². The molecule has 0 aliphatic heterocycles. The van der Waals surface area contributed by atoms with Gasteiger partial charge in [-0.3, -0.25) is 9.78 Å². The van der Waals surface area contributed by atoms with Gasteiger partial charge in [0.15, 0.2) is 6.29 Å². The number of rotatable bonds is 2. The minimum atomic E-state index is 0.619. The lowest BCUT2D eigenvalue weighted by molar-refractivity contribution is 0.112. The van der Waals surface area contributed by atoms with Crippen LogP contribution in [0.2, 0.25) is 0 Å². The van der Waals surface area contributed by atoms with Crippen molar-refractivity contribution in [3.8, 4) is 0 Å². The van der Waals surface area contributed by atoms with Crippen molar-refractivity contribution in [2.75, 3.05) is 0 Å². The third-order valence-electron chi connectivity index (χ3n) is 2.56. The summed E-state index contributed by atoms with van der Waals surface area (Å²) >= 11 is 0. The largest absolute Gasteiger partial charge is 0.298 e. The maximum Gasteiger partial charge on any atom is 0.151 e. The molecule has 1 aliphatic rings. The molecule has 2 rings (SSSR count). The number of aldehydes is 1. The molecule has 2 heteroatoms. The number of hydrogen-bond acceptors (Lipinski definition) is 2. The van der Waals surface area contributed by atoms with Crippen LogP contribution in [0.25, 0.3) is 0 Å². The van der Waals surface area contributed by atoms with Crippen molar-refractivity contribution in [1.29, 1.82) is 0 Å². The van der Waals surface area contributed by atoms with E-state index in [-0.39, 0.29) is 0 Å². The van der Waals surface area contributed by atoms with Crippen LogP contribution < -0.4 is 0 Å². The van der Waals surface area contributed by atoms with Crippen molar-refractivity contribution in [2.24, 2.45) is 0 Å². The Bertz CT molecular complexity index is 292. The first kappa shape index (κ1) is 7.47. The van der Waals surface area contributed by atoms with Crippen molar-refractivity contribution in [2.45, 2.75) is 25.2 Å². The van der Waals surface area contributed by atoms with Gasteiger partial charge >= 0.3 is 0 Å². The summed E-state index contributed by atoms with van der Waals surface area (Å²) in [5.41, 5.74) is 1.95. The van der Waals surface area contributed by atoms with Crippen LogP contribution in [0.3, 0.4) is 0 Å². The fourth-order valence-corrected chi connectivity index (χ4v) is 1.61. The highest BCUT2D eigenvalue weighted by molar-refractivity contribution is 5.77. The van der Waals surface area contributed by atoms with Gasteiger partial charge in [0, 0.05) is 18.0 Å². The summed E-state index contributed by atoms with van der Waals surface area (Å²) in [7, 11) is 0. The van der Waals surface area contributed by atoms with E-state index < -0.39 is 0 Å². The molecule has 1 heterocycles. The van der Waals surface area contributed by atoms with Gasteiger partial charge in [0.1, 0.15) is 0 Å². The van der Waals surface area contributed by atoms with Gasteiger partial charge in [-0.2, -0.15) is 0 Å². The number of aromatic nitrogens is 1. The van der Waals surface area contributed by atoms with E-state index in [0.717, 1.165) is 11.8 Å². The Balaban J connectivity index is 2.33. The summed E-state index contributed by atoms with van der Waals surface area (Å²) in [5, 5.41) is 0. The maximum absolute atomic E-state index is 10.6. The number of hydrogen-bond donors (Lipinski definition) is 0. The summed E-state index contributed by atoms with van der Waals surface area (Å²) < 4.78 is 0. The van der Waals surface area contributed by atoms with E-state index in [1.807, 2.05) is 6.07 Å². The van der Waals surface area contributed by atoms with Crippen molar-refractivity contribution in [3.63, 3.8) is 0 Å². The van der Waals surface area contributed by atoms with Crippen LogP contribution in [0, 0.1) is 0 Å². The first-order chi connectivity index (χ1) is 5.92. The Kier molecular flexibility index (Phi) is 1.90. The number of carbonyl (C=O) groups excluding carboxylic acids is 1. The zero-order chi connectivity index (χ0) is 8.39. The number of nitrogens with zero attached hydrogens (tertiary/aromatic N) is 1. The Morgan fingerprint density at radius 2 is 2.33 bits per heavy atom. The Hall–Kier alpha value is -1.18. The SMILES string of the molecule is O=Cc1cnccc1C1CCC1. The van der Waals surface area contributed by atoms with Crippen molar-refractivity contribution < 1.29 is 4.79 Å². The Labute approximate surface area is 71.6 Å². The fourth-order valence-electron chi connectivity index (χ4n) is 1.61. The first-order valence-electron chi connectivity index (χ1n) is 4.31. The molecule has 1 saturated carbocycles. The first-order valence-corrected chi connectivity index (χ1v) is 4.31. The second kappa shape index (κ2) is 3.05. The second-order valence-corrected chi connectivity index (χ2v) is 3.25. The van der Waals surface area contributed by atoms with Crippen LogP contribution in [0.4, 0.5) is 0 Å². The average molecular weight is 161 g/mol. The molecule has 1 aromatic rings. The second-order valence-electron chi connectivity index (χ2n) is 3.25. The molecule has 0 spiro atoms. The van der Waals surface area contributed by atoms with Gasteiger partial charge in [-0.15, -0.1) is 0 Å². The lowest BCUT2D eigenvalue weighted by atomic mass is 9.79. The van der Waals surface area contributed by atoms with E-state index in [1.165, 1.54) is 24.8 Å². The van der Waals surface area contributed by atoms with Crippen molar-refractivity contribution in [3.05, 3.63) is 29.6 Å². The van der Waals surface area contributed by atoms with E-state index >= 15 is 0 Å². The molecule has 0 atom stereocenters. The molecular weight excluding hydrogens is 150 g/mol. The summed E-state index contributed by atoms with van der Waals surface area (Å²) in [6, 6.07) is 1.97. The molecule has 1 aromatic heterocycles. The summed E-state index contributed by atoms with van der Waals surface area (Å²) in [5.74, 6) is 0.619. The number of pyridine rings is 1. The molecule has 0 unspecified atom stereocenters. The number of carbonyl (C=O) groups is 1. The molecule has 0 amide bonds. The van der Waals surface area contributed by atoms with Crippen molar-refractivity contribution in [1.82, 2.24) is 4.98 Å². The molecule has 62 valence electrons. The lowest BCUT2D eigenvalue weighted by Crippen LogP contribution is -2.11. The molecular formula is C10H11NO. The minimum Gasteiger partial charge on any atom is -0.298 e.